The van der Waals surface area contributed by atoms with Crippen LogP contribution in [0.5, 0.6) is 5.88 Å². The van der Waals surface area contributed by atoms with Gasteiger partial charge in [-0.05, 0) is 69.4 Å². The number of nitrogens with zero attached hydrogens (tertiary/aromatic N) is 3. The number of hydrogen-bond donors (Lipinski definition) is 2. The Hall–Kier alpha value is -3.24. The minimum atomic E-state index is -4.63. The van der Waals surface area contributed by atoms with E-state index >= 15 is 0 Å². The Morgan fingerprint density at radius 2 is 1.71 bits per heavy atom. The predicted octanol–water partition coefficient (Wildman–Crippen LogP) is 3.81. The second-order valence-corrected chi connectivity index (χ2v) is 9.89. The third kappa shape index (κ3) is 4.43. The highest BCUT2D eigenvalue weighted by molar-refractivity contribution is 5.92. The molecule has 0 radical (unpaired) electrons. The molecule has 0 spiro atoms. The van der Waals surface area contributed by atoms with Crippen molar-refractivity contribution in [1.82, 2.24) is 25.6 Å². The van der Waals surface area contributed by atoms with E-state index in [0.717, 1.165) is 44.0 Å². The molecule has 8 nitrogen and oxygen atoms in total. The summed E-state index contributed by atoms with van der Waals surface area (Å²) in [5.74, 6) is 0.142. The Labute approximate surface area is 193 Å². The fourth-order valence-electron chi connectivity index (χ4n) is 6.38. The van der Waals surface area contributed by atoms with Crippen molar-refractivity contribution in [3.63, 3.8) is 0 Å². The number of halogens is 3. The van der Waals surface area contributed by atoms with Crippen molar-refractivity contribution in [2.45, 2.75) is 62.7 Å². The van der Waals surface area contributed by atoms with E-state index in [2.05, 4.69) is 25.6 Å². The van der Waals surface area contributed by atoms with E-state index in [1.807, 2.05) is 13.0 Å². The van der Waals surface area contributed by atoms with Gasteiger partial charge < -0.3 is 15.4 Å². The summed E-state index contributed by atoms with van der Waals surface area (Å²) in [4.78, 5) is 36.7. The van der Waals surface area contributed by atoms with Crippen LogP contribution in [-0.2, 0) is 6.18 Å². The molecule has 2 N–H and O–H groups in total. The zero-order valence-corrected chi connectivity index (χ0v) is 18.5. The highest BCUT2D eigenvalue weighted by atomic mass is 19.4. The van der Waals surface area contributed by atoms with Crippen molar-refractivity contribution in [2.24, 2.45) is 11.8 Å². The Balaban J connectivity index is 1.29. The Morgan fingerprint density at radius 3 is 2.29 bits per heavy atom. The molecule has 2 atom stereocenters. The molecule has 6 rings (SSSR count). The summed E-state index contributed by atoms with van der Waals surface area (Å²) in [6.07, 6.45) is 0.679. The van der Waals surface area contributed by atoms with Gasteiger partial charge in [-0.2, -0.15) is 13.2 Å². The quantitative estimate of drug-likeness (QED) is 0.697. The normalized spacial score (nSPS) is 29.5. The minimum absolute atomic E-state index is 0.233. The number of aryl methyl sites for hydroxylation is 1. The molecule has 4 aliphatic rings. The van der Waals surface area contributed by atoms with Crippen LogP contribution < -0.4 is 15.4 Å². The van der Waals surface area contributed by atoms with Crippen LogP contribution in [0.2, 0.25) is 0 Å². The van der Waals surface area contributed by atoms with Gasteiger partial charge in [-0.15, -0.1) is 0 Å². The molecule has 2 aromatic rings. The topological polar surface area (TPSA) is 106 Å². The fourth-order valence-corrected chi connectivity index (χ4v) is 6.38. The molecule has 2 amide bonds. The molecule has 4 aliphatic carbocycles. The van der Waals surface area contributed by atoms with E-state index in [0.29, 0.717) is 30.1 Å². The molecule has 2 aromatic heterocycles. The van der Waals surface area contributed by atoms with Gasteiger partial charge in [-0.3, -0.25) is 4.79 Å². The Bertz CT molecular complexity index is 1110. The van der Waals surface area contributed by atoms with Crippen molar-refractivity contribution < 1.29 is 27.5 Å². The molecular formula is C23H24F3N5O3. The van der Waals surface area contributed by atoms with E-state index in [-0.39, 0.29) is 11.8 Å². The van der Waals surface area contributed by atoms with Crippen LogP contribution in [0.3, 0.4) is 0 Å². The lowest BCUT2D eigenvalue weighted by Gasteiger charge is -2.61. The summed E-state index contributed by atoms with van der Waals surface area (Å²) in [7, 11) is 0. The summed E-state index contributed by atoms with van der Waals surface area (Å²) in [5.41, 5.74) is -1.06. The molecule has 11 heteroatoms. The molecular weight excluding hydrogens is 451 g/mol. The third-order valence-corrected chi connectivity index (χ3v) is 7.04. The standard InChI is InChI=1S/C23H24F3N5O3/c1-13-3-2-4-16(29-13)19(32)30-21-6-14-5-15(7-21)9-22(8-14,12-21)31-20(33)34-18-11-27-17(10-28-18)23(24,25)26/h2-4,10-11,14-15H,5-9,12H2,1H3,(H,30,32)(H,31,33). The van der Waals surface area contributed by atoms with E-state index in [1.54, 1.807) is 12.1 Å². The van der Waals surface area contributed by atoms with Crippen LogP contribution in [0.15, 0.2) is 30.6 Å². The first-order valence-corrected chi connectivity index (χ1v) is 11.2. The summed E-state index contributed by atoms with van der Waals surface area (Å²) in [6.45, 7) is 1.83. The average Bonchev–Trinajstić information content (AvgIpc) is 2.71. The SMILES string of the molecule is Cc1cccc(C(=O)NC23CC4CC(CC(NC(=O)Oc5cnc(C(F)(F)F)cn5)(C4)C2)C3)n1. The third-order valence-electron chi connectivity index (χ3n) is 7.04. The molecule has 0 aromatic carbocycles. The summed E-state index contributed by atoms with van der Waals surface area (Å²) in [6, 6.07) is 5.30. The monoisotopic (exact) mass is 475 g/mol. The van der Waals surface area contributed by atoms with Crippen LogP contribution in [0.25, 0.3) is 0 Å². The van der Waals surface area contributed by atoms with Gasteiger partial charge in [0.2, 0.25) is 5.88 Å². The average molecular weight is 475 g/mol. The zero-order valence-electron chi connectivity index (χ0n) is 18.5. The minimum Gasteiger partial charge on any atom is -0.390 e. The number of alkyl halides is 3. The van der Waals surface area contributed by atoms with Crippen LogP contribution in [0.4, 0.5) is 18.0 Å². The van der Waals surface area contributed by atoms with E-state index in [9.17, 15) is 22.8 Å². The fraction of sp³-hybridized carbons (Fsp3) is 0.522. The van der Waals surface area contributed by atoms with Crippen LogP contribution in [0.1, 0.15) is 60.4 Å². The number of rotatable bonds is 4. The van der Waals surface area contributed by atoms with Gasteiger partial charge >= 0.3 is 12.3 Å². The number of ether oxygens (including phenoxy) is 1. The number of pyridine rings is 1. The number of aromatic nitrogens is 3. The van der Waals surface area contributed by atoms with Crippen LogP contribution >= 0.6 is 0 Å². The first-order valence-electron chi connectivity index (χ1n) is 11.2. The maximum absolute atomic E-state index is 13.0. The van der Waals surface area contributed by atoms with Crippen molar-refractivity contribution in [1.29, 1.82) is 0 Å². The molecule has 4 saturated carbocycles. The lowest BCUT2D eigenvalue weighted by Crippen LogP contribution is -2.70. The summed E-state index contributed by atoms with van der Waals surface area (Å²) < 4.78 is 43.1. The second kappa shape index (κ2) is 7.92. The van der Waals surface area contributed by atoms with Gasteiger partial charge in [0.1, 0.15) is 5.69 Å². The van der Waals surface area contributed by atoms with Crippen molar-refractivity contribution in [2.75, 3.05) is 0 Å². The van der Waals surface area contributed by atoms with Crippen molar-refractivity contribution in [3.05, 3.63) is 47.7 Å². The van der Waals surface area contributed by atoms with Crippen LogP contribution in [0, 0.1) is 18.8 Å². The molecule has 180 valence electrons. The molecule has 4 fully saturated rings. The van der Waals surface area contributed by atoms with E-state index in [4.69, 9.17) is 4.74 Å². The lowest BCUT2D eigenvalue weighted by atomic mass is 9.50. The van der Waals surface area contributed by atoms with Crippen molar-refractivity contribution >= 4 is 12.0 Å². The lowest BCUT2D eigenvalue weighted by molar-refractivity contribution is -0.141. The van der Waals surface area contributed by atoms with Gasteiger partial charge in [0.15, 0.2) is 5.69 Å². The highest BCUT2D eigenvalue weighted by Crippen LogP contribution is 2.57. The highest BCUT2D eigenvalue weighted by Gasteiger charge is 2.59. The van der Waals surface area contributed by atoms with E-state index < -0.39 is 29.0 Å². The summed E-state index contributed by atoms with van der Waals surface area (Å²) in [5, 5.41) is 6.16. The number of hydrogen-bond acceptors (Lipinski definition) is 6. The molecule has 2 unspecified atom stereocenters. The first kappa shape index (κ1) is 22.5. The molecule has 34 heavy (non-hydrogen) atoms. The zero-order chi connectivity index (χ0) is 24.1. The predicted molar refractivity (Wildman–Crippen MR) is 113 cm³/mol. The molecule has 0 aliphatic heterocycles. The van der Waals surface area contributed by atoms with Gasteiger partial charge in [0, 0.05) is 16.8 Å². The van der Waals surface area contributed by atoms with Crippen LogP contribution in [-0.4, -0.2) is 38.0 Å². The van der Waals surface area contributed by atoms with Gasteiger partial charge in [0.25, 0.3) is 5.91 Å². The maximum Gasteiger partial charge on any atom is 0.434 e. The largest absolute Gasteiger partial charge is 0.434 e. The van der Waals surface area contributed by atoms with Gasteiger partial charge in [-0.25, -0.2) is 19.7 Å². The smallest absolute Gasteiger partial charge is 0.390 e. The molecule has 2 heterocycles. The molecule has 0 saturated heterocycles. The number of carbonyl (C=O) groups is 2. The second-order valence-electron chi connectivity index (χ2n) is 9.89. The molecule has 4 bridgehead atoms. The summed E-state index contributed by atoms with van der Waals surface area (Å²) >= 11 is 0. The Kier molecular flexibility index (Phi) is 5.25. The first-order chi connectivity index (χ1) is 16.0. The van der Waals surface area contributed by atoms with Gasteiger partial charge in [0.05, 0.1) is 12.4 Å². The Morgan fingerprint density at radius 1 is 1.03 bits per heavy atom. The number of nitrogens with one attached hydrogen (secondary N) is 2. The van der Waals surface area contributed by atoms with Crippen molar-refractivity contribution in [3.8, 4) is 5.88 Å². The number of carbonyl (C=O) groups excluding carboxylic acids is 2. The van der Waals surface area contributed by atoms with E-state index in [1.165, 1.54) is 0 Å². The maximum atomic E-state index is 13.0. The number of amides is 2. The van der Waals surface area contributed by atoms with Gasteiger partial charge in [-0.1, -0.05) is 6.07 Å².